The van der Waals surface area contributed by atoms with E-state index >= 15 is 0 Å². The average molecular weight is 489 g/mol. The number of thiazole rings is 1. The second kappa shape index (κ2) is 10.3. The highest BCUT2D eigenvalue weighted by molar-refractivity contribution is 14.0. The van der Waals surface area contributed by atoms with E-state index < -0.39 is 0 Å². The molecule has 2 aromatic heterocycles. The Morgan fingerprint density at radius 3 is 2.65 bits per heavy atom. The normalized spacial score (nSPS) is 16.3. The number of halogens is 1. The van der Waals surface area contributed by atoms with Gasteiger partial charge in [-0.05, 0) is 51.9 Å². The number of aryl methyl sites for hydroxylation is 2. The number of furan rings is 1. The summed E-state index contributed by atoms with van der Waals surface area (Å²) in [5.41, 5.74) is 0. The number of likely N-dealkylation sites (tertiary alicyclic amines) is 1. The first-order chi connectivity index (χ1) is 12.2. The van der Waals surface area contributed by atoms with Crippen LogP contribution < -0.4 is 10.6 Å². The summed E-state index contributed by atoms with van der Waals surface area (Å²) in [5.74, 6) is 2.78. The van der Waals surface area contributed by atoms with Gasteiger partial charge in [-0.3, -0.25) is 9.89 Å². The molecule has 3 rings (SSSR count). The number of guanidine groups is 1. The quantitative estimate of drug-likeness (QED) is 0.370. The molecule has 1 unspecified atom stereocenters. The molecule has 6 nitrogen and oxygen atoms in total. The van der Waals surface area contributed by atoms with Crippen LogP contribution in [0.1, 0.15) is 40.3 Å². The largest absolute Gasteiger partial charge is 0.465 e. The Morgan fingerprint density at radius 1 is 1.31 bits per heavy atom. The fraction of sp³-hybridized carbons (Fsp3) is 0.556. The Morgan fingerprint density at radius 2 is 2.08 bits per heavy atom. The molecule has 26 heavy (non-hydrogen) atoms. The summed E-state index contributed by atoms with van der Waals surface area (Å²) in [6.45, 7) is 7.76. The summed E-state index contributed by atoms with van der Waals surface area (Å²) in [6.07, 6.45) is 4.42. The molecule has 0 amide bonds. The van der Waals surface area contributed by atoms with Crippen LogP contribution in [0.4, 0.5) is 0 Å². The fourth-order valence-corrected chi connectivity index (χ4v) is 3.88. The smallest absolute Gasteiger partial charge is 0.191 e. The van der Waals surface area contributed by atoms with E-state index in [0.29, 0.717) is 6.54 Å². The van der Waals surface area contributed by atoms with Gasteiger partial charge in [-0.2, -0.15) is 0 Å². The molecule has 0 aliphatic carbocycles. The van der Waals surface area contributed by atoms with Crippen LogP contribution in [-0.2, 0) is 6.54 Å². The third kappa shape index (κ3) is 5.68. The van der Waals surface area contributed by atoms with E-state index in [0.717, 1.165) is 42.1 Å². The summed E-state index contributed by atoms with van der Waals surface area (Å²) in [5, 5.41) is 7.85. The molecule has 144 valence electrons. The molecule has 1 atom stereocenters. The van der Waals surface area contributed by atoms with Crippen molar-refractivity contribution in [3.05, 3.63) is 39.7 Å². The van der Waals surface area contributed by atoms with Gasteiger partial charge in [0.05, 0.1) is 12.6 Å². The van der Waals surface area contributed by atoms with Crippen molar-refractivity contribution in [3.63, 3.8) is 0 Å². The van der Waals surface area contributed by atoms with E-state index in [2.05, 4.69) is 38.5 Å². The lowest BCUT2D eigenvalue weighted by Gasteiger charge is -2.26. The SMILES string of the molecule is CN=C(NCc1ncc(C)s1)NCC(c1ccc(C)o1)N1CCCC1.I. The lowest BCUT2D eigenvalue weighted by atomic mass is 10.2. The van der Waals surface area contributed by atoms with Crippen molar-refractivity contribution in [2.45, 2.75) is 39.3 Å². The highest BCUT2D eigenvalue weighted by Gasteiger charge is 2.26. The molecule has 0 aromatic carbocycles. The van der Waals surface area contributed by atoms with Gasteiger partial charge >= 0.3 is 0 Å². The van der Waals surface area contributed by atoms with Crippen molar-refractivity contribution in [1.29, 1.82) is 0 Å². The van der Waals surface area contributed by atoms with Gasteiger partial charge in [-0.25, -0.2) is 4.98 Å². The van der Waals surface area contributed by atoms with E-state index in [-0.39, 0.29) is 30.0 Å². The summed E-state index contributed by atoms with van der Waals surface area (Å²) in [4.78, 5) is 12.4. The minimum Gasteiger partial charge on any atom is -0.465 e. The van der Waals surface area contributed by atoms with Gasteiger partial charge in [0.1, 0.15) is 16.5 Å². The van der Waals surface area contributed by atoms with Crippen molar-refractivity contribution in [2.75, 3.05) is 26.7 Å². The predicted octanol–water partition coefficient (Wildman–Crippen LogP) is 3.47. The maximum atomic E-state index is 5.91. The second-order valence-electron chi connectivity index (χ2n) is 6.38. The summed E-state index contributed by atoms with van der Waals surface area (Å²) >= 11 is 1.71. The Labute approximate surface area is 176 Å². The van der Waals surface area contributed by atoms with Crippen molar-refractivity contribution in [1.82, 2.24) is 20.5 Å². The molecule has 1 aliphatic heterocycles. The molecule has 1 aliphatic rings. The van der Waals surface area contributed by atoms with Crippen LogP contribution in [-0.4, -0.2) is 42.5 Å². The highest BCUT2D eigenvalue weighted by atomic mass is 127. The summed E-state index contributed by atoms with van der Waals surface area (Å²) < 4.78 is 5.91. The van der Waals surface area contributed by atoms with Gasteiger partial charge in [-0.15, -0.1) is 35.3 Å². The number of rotatable bonds is 6. The number of nitrogens with zero attached hydrogens (tertiary/aromatic N) is 3. The third-order valence-corrected chi connectivity index (χ3v) is 5.35. The van der Waals surface area contributed by atoms with Crippen LogP contribution in [0.15, 0.2) is 27.7 Å². The number of aromatic nitrogens is 1. The zero-order chi connectivity index (χ0) is 17.6. The molecule has 0 saturated carbocycles. The molecule has 1 fully saturated rings. The zero-order valence-electron chi connectivity index (χ0n) is 15.6. The van der Waals surface area contributed by atoms with Crippen LogP contribution in [0.25, 0.3) is 0 Å². The standard InChI is InChI=1S/C18H27N5OS.HI/c1-13-6-7-16(24-13)15(23-8-4-5-9-23)11-21-18(19-3)22-12-17-20-10-14(2)25-17;/h6-7,10,15H,4-5,8-9,11-12H2,1-3H3,(H2,19,21,22);1H. The number of aliphatic imine (C=N–C) groups is 1. The van der Waals surface area contributed by atoms with Gasteiger partial charge < -0.3 is 15.1 Å². The predicted molar refractivity (Wildman–Crippen MR) is 117 cm³/mol. The molecule has 1 saturated heterocycles. The Bertz CT molecular complexity index is 708. The Kier molecular flexibility index (Phi) is 8.36. The van der Waals surface area contributed by atoms with Crippen LogP contribution >= 0.6 is 35.3 Å². The molecule has 3 heterocycles. The highest BCUT2D eigenvalue weighted by Crippen LogP contribution is 2.26. The number of hydrogen-bond acceptors (Lipinski definition) is 5. The summed E-state index contributed by atoms with van der Waals surface area (Å²) in [6, 6.07) is 4.36. The first kappa shape index (κ1) is 21.2. The van der Waals surface area contributed by atoms with Gasteiger partial charge in [0, 0.05) is 24.7 Å². The van der Waals surface area contributed by atoms with Crippen molar-refractivity contribution >= 4 is 41.3 Å². The maximum Gasteiger partial charge on any atom is 0.191 e. The first-order valence-corrected chi connectivity index (χ1v) is 9.63. The maximum absolute atomic E-state index is 5.91. The van der Waals surface area contributed by atoms with Crippen LogP contribution in [0.3, 0.4) is 0 Å². The second-order valence-corrected chi connectivity index (χ2v) is 7.70. The Hall–Kier alpha value is -1.13. The van der Waals surface area contributed by atoms with E-state index in [1.54, 1.807) is 18.4 Å². The monoisotopic (exact) mass is 489 g/mol. The number of hydrogen-bond donors (Lipinski definition) is 2. The zero-order valence-corrected chi connectivity index (χ0v) is 18.8. The fourth-order valence-electron chi connectivity index (χ4n) is 3.15. The molecule has 2 N–H and O–H groups in total. The minimum absolute atomic E-state index is 0. The topological polar surface area (TPSA) is 65.7 Å². The van der Waals surface area contributed by atoms with Crippen LogP contribution in [0.5, 0.6) is 0 Å². The Balaban J connectivity index is 0.00000243. The van der Waals surface area contributed by atoms with Gasteiger partial charge in [0.15, 0.2) is 5.96 Å². The van der Waals surface area contributed by atoms with Crippen molar-refractivity contribution in [3.8, 4) is 0 Å². The van der Waals surface area contributed by atoms with Crippen LogP contribution in [0, 0.1) is 13.8 Å². The lowest BCUT2D eigenvalue weighted by Crippen LogP contribution is -2.42. The minimum atomic E-state index is 0. The first-order valence-electron chi connectivity index (χ1n) is 8.82. The molecular formula is C18H28IN5OS. The third-order valence-electron chi connectivity index (χ3n) is 4.43. The van der Waals surface area contributed by atoms with Crippen molar-refractivity contribution < 1.29 is 4.42 Å². The molecule has 0 spiro atoms. The van der Waals surface area contributed by atoms with Gasteiger partial charge in [-0.1, -0.05) is 0 Å². The van der Waals surface area contributed by atoms with Crippen molar-refractivity contribution in [2.24, 2.45) is 4.99 Å². The molecule has 0 bridgehead atoms. The summed E-state index contributed by atoms with van der Waals surface area (Å²) in [7, 11) is 1.80. The van der Waals surface area contributed by atoms with E-state index in [1.807, 2.05) is 19.2 Å². The van der Waals surface area contributed by atoms with Crippen LogP contribution in [0.2, 0.25) is 0 Å². The van der Waals surface area contributed by atoms with Gasteiger partial charge in [0.2, 0.25) is 0 Å². The van der Waals surface area contributed by atoms with E-state index in [4.69, 9.17) is 4.42 Å². The molecule has 0 radical (unpaired) electrons. The molecule has 8 heteroatoms. The average Bonchev–Trinajstić information content (AvgIpc) is 3.34. The number of nitrogens with one attached hydrogen (secondary N) is 2. The molecule has 2 aromatic rings. The van der Waals surface area contributed by atoms with Gasteiger partial charge in [0.25, 0.3) is 0 Å². The molecular weight excluding hydrogens is 461 g/mol. The van der Waals surface area contributed by atoms with E-state index in [1.165, 1.54) is 17.7 Å². The van der Waals surface area contributed by atoms with E-state index in [9.17, 15) is 0 Å². The lowest BCUT2D eigenvalue weighted by molar-refractivity contribution is 0.213.